The van der Waals surface area contributed by atoms with E-state index in [1.807, 2.05) is 0 Å². The van der Waals surface area contributed by atoms with Gasteiger partial charge in [-0.3, -0.25) is 0 Å². The Hall–Kier alpha value is -1.04. The van der Waals surface area contributed by atoms with Crippen LogP contribution in [-0.2, 0) is 6.54 Å². The fraction of sp³-hybridized carbons (Fsp3) is 0.455. The van der Waals surface area contributed by atoms with Crippen LogP contribution >= 0.6 is 0 Å². The summed E-state index contributed by atoms with van der Waals surface area (Å²) >= 11 is 0. The Labute approximate surface area is 92.7 Å². The largest absolute Gasteiger partial charge is 0.393 e. The number of nitrogens with one attached hydrogen (secondary N) is 1. The molecule has 0 saturated carbocycles. The molecule has 0 radical (unpaired) electrons. The third kappa shape index (κ3) is 3.52. The quantitative estimate of drug-likeness (QED) is 0.702. The molecule has 1 rings (SSSR count). The number of hydrogen-bond donors (Lipinski definition) is 3. The molecule has 0 spiro atoms. The van der Waals surface area contributed by atoms with E-state index in [4.69, 9.17) is 5.11 Å². The van der Waals surface area contributed by atoms with Crippen LogP contribution in [0.2, 0.25) is 0 Å². The summed E-state index contributed by atoms with van der Waals surface area (Å²) in [5.41, 5.74) is -1.36. The zero-order chi connectivity index (χ0) is 12.2. The first-order valence-corrected chi connectivity index (χ1v) is 4.93. The Kier molecular flexibility index (Phi) is 4.35. The molecule has 0 aliphatic carbocycles. The van der Waals surface area contributed by atoms with Gasteiger partial charge in [-0.1, -0.05) is 6.07 Å². The summed E-state index contributed by atoms with van der Waals surface area (Å²) in [7, 11) is 0. The van der Waals surface area contributed by atoms with Crippen LogP contribution in [0.5, 0.6) is 0 Å². The van der Waals surface area contributed by atoms with Crippen molar-refractivity contribution in [2.24, 2.45) is 0 Å². The maximum Gasteiger partial charge on any atom is 0.130 e. The summed E-state index contributed by atoms with van der Waals surface area (Å²) in [5.74, 6) is -1.26. The van der Waals surface area contributed by atoms with Crippen molar-refractivity contribution < 1.29 is 19.0 Å². The van der Waals surface area contributed by atoms with E-state index in [0.717, 1.165) is 0 Å². The lowest BCUT2D eigenvalue weighted by atomic mass is 10.1. The van der Waals surface area contributed by atoms with Crippen LogP contribution in [-0.4, -0.2) is 29.0 Å². The zero-order valence-electron chi connectivity index (χ0n) is 9.00. The highest BCUT2D eigenvalue weighted by Crippen LogP contribution is 2.11. The van der Waals surface area contributed by atoms with Gasteiger partial charge in [-0.2, -0.15) is 0 Å². The fourth-order valence-corrected chi connectivity index (χ4v) is 1.21. The lowest BCUT2D eigenvalue weighted by molar-refractivity contribution is 0.00244. The highest BCUT2D eigenvalue weighted by Gasteiger charge is 2.18. The van der Waals surface area contributed by atoms with Gasteiger partial charge in [0.05, 0.1) is 12.2 Å². The number of halogens is 2. The summed E-state index contributed by atoms with van der Waals surface area (Å²) in [5, 5.41) is 20.9. The van der Waals surface area contributed by atoms with Gasteiger partial charge in [0.1, 0.15) is 11.6 Å². The number of rotatable bonds is 5. The Morgan fingerprint density at radius 1 is 1.31 bits per heavy atom. The van der Waals surface area contributed by atoms with Gasteiger partial charge in [-0.25, -0.2) is 8.78 Å². The lowest BCUT2D eigenvalue weighted by Gasteiger charge is -2.20. The molecule has 0 amide bonds. The Bertz CT molecular complexity index is 336. The van der Waals surface area contributed by atoms with Crippen molar-refractivity contribution in [3.63, 3.8) is 0 Å². The van der Waals surface area contributed by atoms with E-state index in [1.54, 1.807) is 0 Å². The van der Waals surface area contributed by atoms with Gasteiger partial charge in [0.15, 0.2) is 0 Å². The number of benzene rings is 1. The van der Waals surface area contributed by atoms with Crippen LogP contribution in [0.25, 0.3) is 0 Å². The zero-order valence-corrected chi connectivity index (χ0v) is 9.00. The van der Waals surface area contributed by atoms with E-state index in [0.29, 0.717) is 0 Å². The van der Waals surface area contributed by atoms with Crippen LogP contribution in [0.4, 0.5) is 8.78 Å². The molecular weight excluding hydrogens is 216 g/mol. The normalized spacial score (nSPS) is 14.8. The van der Waals surface area contributed by atoms with Gasteiger partial charge >= 0.3 is 0 Å². The van der Waals surface area contributed by atoms with Crippen molar-refractivity contribution in [2.45, 2.75) is 19.1 Å². The molecule has 3 N–H and O–H groups in total. The first-order valence-electron chi connectivity index (χ1n) is 4.93. The third-order valence-electron chi connectivity index (χ3n) is 2.21. The van der Waals surface area contributed by atoms with E-state index in [-0.39, 0.29) is 18.7 Å². The van der Waals surface area contributed by atoms with E-state index < -0.39 is 23.8 Å². The predicted molar refractivity (Wildman–Crippen MR) is 55.8 cm³/mol. The first kappa shape index (κ1) is 13.0. The van der Waals surface area contributed by atoms with Gasteiger partial charge in [0.2, 0.25) is 0 Å². The standard InChI is InChI=1S/C11H15F2NO2/c1-11(16,7-15)6-14-5-8-9(12)3-2-4-10(8)13/h2-4,14-16H,5-7H2,1H3. The van der Waals surface area contributed by atoms with Crippen LogP contribution in [0.1, 0.15) is 12.5 Å². The maximum atomic E-state index is 13.2. The van der Waals surface area contributed by atoms with Crippen molar-refractivity contribution in [2.75, 3.05) is 13.2 Å². The summed E-state index contributed by atoms with van der Waals surface area (Å²) in [6.45, 7) is 1.03. The summed E-state index contributed by atoms with van der Waals surface area (Å²) in [4.78, 5) is 0. The molecule has 0 aliphatic heterocycles. The first-order chi connectivity index (χ1) is 7.46. The molecule has 0 heterocycles. The third-order valence-corrected chi connectivity index (χ3v) is 2.21. The van der Waals surface area contributed by atoms with Crippen LogP contribution in [0, 0.1) is 11.6 Å². The summed E-state index contributed by atoms with van der Waals surface area (Å²) < 4.78 is 26.3. The molecular formula is C11H15F2NO2. The smallest absolute Gasteiger partial charge is 0.130 e. The molecule has 0 aromatic heterocycles. The van der Waals surface area contributed by atoms with Gasteiger partial charge in [-0.15, -0.1) is 0 Å². The van der Waals surface area contributed by atoms with Crippen LogP contribution in [0.15, 0.2) is 18.2 Å². The molecule has 3 nitrogen and oxygen atoms in total. The minimum Gasteiger partial charge on any atom is -0.393 e. The van der Waals surface area contributed by atoms with Crippen molar-refractivity contribution in [3.8, 4) is 0 Å². The molecule has 16 heavy (non-hydrogen) atoms. The minimum atomic E-state index is -1.29. The van der Waals surface area contributed by atoms with Gasteiger partial charge in [0, 0.05) is 18.7 Å². The molecule has 0 fully saturated rings. The molecule has 90 valence electrons. The Balaban J connectivity index is 2.56. The van der Waals surface area contributed by atoms with Crippen molar-refractivity contribution in [1.29, 1.82) is 0 Å². The molecule has 0 aliphatic rings. The second kappa shape index (κ2) is 5.34. The fourth-order valence-electron chi connectivity index (χ4n) is 1.21. The SMILES string of the molecule is CC(O)(CO)CNCc1c(F)cccc1F. The van der Waals surface area contributed by atoms with Crippen molar-refractivity contribution in [3.05, 3.63) is 35.4 Å². The average molecular weight is 231 g/mol. The molecule has 0 saturated heterocycles. The maximum absolute atomic E-state index is 13.2. The van der Waals surface area contributed by atoms with E-state index in [2.05, 4.69) is 5.32 Å². The number of aliphatic hydroxyl groups excluding tert-OH is 1. The molecule has 1 unspecified atom stereocenters. The highest BCUT2D eigenvalue weighted by molar-refractivity contribution is 5.19. The second-order valence-electron chi connectivity index (χ2n) is 3.96. The van der Waals surface area contributed by atoms with Crippen molar-refractivity contribution >= 4 is 0 Å². The van der Waals surface area contributed by atoms with Crippen LogP contribution in [0.3, 0.4) is 0 Å². The molecule has 1 aromatic carbocycles. The predicted octanol–water partition coefficient (Wildman–Crippen LogP) is 0.798. The topological polar surface area (TPSA) is 52.5 Å². The van der Waals surface area contributed by atoms with Gasteiger partial charge in [-0.05, 0) is 19.1 Å². The summed E-state index contributed by atoms with van der Waals surface area (Å²) in [6, 6.07) is 3.63. The summed E-state index contributed by atoms with van der Waals surface area (Å²) in [6.07, 6.45) is 0. The van der Waals surface area contributed by atoms with E-state index >= 15 is 0 Å². The molecule has 1 atom stereocenters. The van der Waals surface area contributed by atoms with Gasteiger partial charge in [0.25, 0.3) is 0 Å². The van der Waals surface area contributed by atoms with E-state index in [9.17, 15) is 13.9 Å². The minimum absolute atomic E-state index is 0.0331. The molecule has 1 aromatic rings. The monoisotopic (exact) mass is 231 g/mol. The highest BCUT2D eigenvalue weighted by atomic mass is 19.1. The molecule has 0 bridgehead atoms. The van der Waals surface area contributed by atoms with Gasteiger partial charge < -0.3 is 15.5 Å². The van der Waals surface area contributed by atoms with Crippen molar-refractivity contribution in [1.82, 2.24) is 5.32 Å². The van der Waals surface area contributed by atoms with E-state index in [1.165, 1.54) is 25.1 Å². The lowest BCUT2D eigenvalue weighted by Crippen LogP contribution is -2.40. The average Bonchev–Trinajstić information content (AvgIpc) is 2.22. The molecule has 5 heteroatoms. The Morgan fingerprint density at radius 3 is 2.38 bits per heavy atom. The van der Waals surface area contributed by atoms with Crippen LogP contribution < -0.4 is 5.32 Å². The second-order valence-corrected chi connectivity index (χ2v) is 3.96. The number of aliphatic hydroxyl groups is 2. The Morgan fingerprint density at radius 2 is 1.88 bits per heavy atom. The number of hydrogen-bond acceptors (Lipinski definition) is 3.